The first-order chi connectivity index (χ1) is 45.6. The fraction of sp³-hybridized carbons (Fsp3) is 0. The van der Waals surface area contributed by atoms with Gasteiger partial charge in [0.05, 0.1) is 44.5 Å². The lowest BCUT2D eigenvalue weighted by Gasteiger charge is -2.17. The fourth-order valence-electron chi connectivity index (χ4n) is 14.1. The molecule has 0 atom stereocenters. The lowest BCUT2D eigenvalue weighted by Crippen LogP contribution is -2.00. The third-order valence-corrected chi connectivity index (χ3v) is 18.7. The van der Waals surface area contributed by atoms with E-state index in [1.807, 2.05) is 0 Å². The van der Waals surface area contributed by atoms with Gasteiger partial charge >= 0.3 is 0 Å². The van der Waals surface area contributed by atoms with E-state index in [0.29, 0.717) is 0 Å². The van der Waals surface area contributed by atoms with Crippen LogP contribution in [-0.4, -0.2) is 19.1 Å². The summed E-state index contributed by atoms with van der Waals surface area (Å²) in [6.45, 7) is 0. The average molecular weight is 1170 g/mol. The van der Waals surface area contributed by atoms with Crippen molar-refractivity contribution >= 4 is 76.2 Å². The summed E-state index contributed by atoms with van der Waals surface area (Å²) in [5.41, 5.74) is 25.6. The van der Waals surface area contributed by atoms with Crippen LogP contribution in [0.4, 0.5) is 0 Å². The van der Waals surface area contributed by atoms with Gasteiger partial charge in [-0.15, -0.1) is 0 Å². The second-order valence-electron chi connectivity index (χ2n) is 24.1. The lowest BCUT2D eigenvalue weighted by molar-refractivity contribution is 1.18. The quantitative estimate of drug-likeness (QED) is 0.137. The van der Waals surface area contributed by atoms with Crippen LogP contribution >= 0.6 is 0 Å². The zero-order chi connectivity index (χ0) is 60.6. The van der Waals surface area contributed by atoms with Crippen LogP contribution in [0.25, 0.3) is 177 Å². The molecule has 0 aliphatic heterocycles. The Morgan fingerprint density at radius 1 is 0.185 bits per heavy atom. The highest BCUT2D eigenvalue weighted by Gasteiger charge is 2.23. The van der Waals surface area contributed by atoms with Crippen LogP contribution in [0.1, 0.15) is 0 Å². The van der Waals surface area contributed by atoms with E-state index in [0.717, 1.165) is 89.2 Å². The molecule has 4 nitrogen and oxygen atoms in total. The minimum absolute atomic E-state index is 0.801. The van der Waals surface area contributed by atoms with Gasteiger partial charge in [-0.3, -0.25) is 0 Å². The predicted molar refractivity (Wildman–Crippen MR) is 387 cm³/mol. The number of nitrogens with zero attached hydrogens (tertiary/aromatic N) is 4. The van der Waals surface area contributed by atoms with Crippen molar-refractivity contribution in [1.29, 1.82) is 0 Å². The second-order valence-corrected chi connectivity index (χ2v) is 24.1. The molecule has 0 aliphatic rings. The minimum Gasteiger partial charge on any atom is -0.309 e. The number of benzene rings is 15. The van der Waals surface area contributed by atoms with Gasteiger partial charge in [-0.2, -0.15) is 0 Å². The van der Waals surface area contributed by atoms with Crippen molar-refractivity contribution < 1.29 is 0 Å². The molecule has 18 aromatic rings. The summed E-state index contributed by atoms with van der Waals surface area (Å²) in [7, 11) is 0. The Morgan fingerprint density at radius 3 is 0.772 bits per heavy atom. The van der Waals surface area contributed by atoms with Crippen LogP contribution in [0.3, 0.4) is 0 Å². The number of rotatable bonds is 10. The molecule has 15 aromatic carbocycles. The van der Waals surface area contributed by atoms with Crippen molar-refractivity contribution in [3.05, 3.63) is 340 Å². The summed E-state index contributed by atoms with van der Waals surface area (Å²) in [5.74, 6) is 0. The van der Waals surface area contributed by atoms with Gasteiger partial charge in [0.1, 0.15) is 0 Å². The topological polar surface area (TPSA) is 35.6 Å². The molecular formula is C88H56N4. The maximum absolute atomic E-state index is 5.94. The zero-order valence-corrected chi connectivity index (χ0v) is 50.1. The van der Waals surface area contributed by atoms with Gasteiger partial charge in [0.2, 0.25) is 0 Å². The number of aromatic nitrogens is 4. The molecule has 428 valence electrons. The van der Waals surface area contributed by atoms with Crippen LogP contribution < -0.4 is 0 Å². The van der Waals surface area contributed by atoms with E-state index in [-0.39, 0.29) is 0 Å². The molecule has 0 radical (unpaired) electrons. The summed E-state index contributed by atoms with van der Waals surface area (Å²) in [6, 6.07) is 123. The maximum atomic E-state index is 5.94. The van der Waals surface area contributed by atoms with Crippen molar-refractivity contribution in [2.75, 3.05) is 0 Å². The van der Waals surface area contributed by atoms with Crippen molar-refractivity contribution in [1.82, 2.24) is 19.1 Å². The first-order valence-electron chi connectivity index (χ1n) is 31.5. The Morgan fingerprint density at radius 2 is 0.457 bits per heavy atom. The first kappa shape index (κ1) is 52.8. The molecule has 0 fully saturated rings. The van der Waals surface area contributed by atoms with E-state index in [2.05, 4.69) is 349 Å². The fourth-order valence-corrected chi connectivity index (χ4v) is 14.1. The highest BCUT2D eigenvalue weighted by Crippen LogP contribution is 2.44. The Balaban J connectivity index is 0.839. The zero-order valence-electron chi connectivity index (χ0n) is 50.1. The standard InChI is InChI=1S/C88H56N4/c1-5-17-57(18-6-1)67-37-47-81-77(53-67)78-54-68(58-19-7-2-8-20-58)38-48-82(78)91(81)73-41-33-63(34-42-73)85-86(90-88-76(72-32-30-62-26-14-16-28-66(62)52-72)46-45-75(87(88)89-85)71-31-29-61-25-13-15-27-65(61)51-71)64-35-43-74(44-36-64)92-83-49-39-69(59-21-9-3-10-22-59)55-79(83)80-56-70(40-50-84(80)92)60-23-11-4-12-24-60/h1-56H. The molecular weight excluding hydrogens is 1110 g/mol. The van der Waals surface area contributed by atoms with E-state index in [9.17, 15) is 0 Å². The monoisotopic (exact) mass is 1170 g/mol. The van der Waals surface area contributed by atoms with Gasteiger partial charge in [-0.25, -0.2) is 9.97 Å². The Labute approximate surface area is 532 Å². The Hall–Kier alpha value is -12.2. The molecule has 18 rings (SSSR count). The second kappa shape index (κ2) is 21.8. The smallest absolute Gasteiger partial charge is 0.0979 e. The summed E-state index contributed by atoms with van der Waals surface area (Å²) in [5, 5.41) is 9.53. The molecule has 0 saturated heterocycles. The van der Waals surface area contributed by atoms with E-state index in [1.165, 1.54) is 87.6 Å². The largest absolute Gasteiger partial charge is 0.309 e. The van der Waals surface area contributed by atoms with Crippen LogP contribution in [-0.2, 0) is 0 Å². The average Bonchev–Trinajstić information content (AvgIpc) is 1.43. The van der Waals surface area contributed by atoms with E-state index in [1.54, 1.807) is 0 Å². The Bertz CT molecular complexity index is 5330. The van der Waals surface area contributed by atoms with Gasteiger partial charge in [-0.05, 0) is 162 Å². The summed E-state index contributed by atoms with van der Waals surface area (Å²) >= 11 is 0. The molecule has 92 heavy (non-hydrogen) atoms. The predicted octanol–water partition coefficient (Wildman–Crippen LogP) is 23.5. The first-order valence-corrected chi connectivity index (χ1v) is 31.5. The molecule has 3 aromatic heterocycles. The molecule has 0 aliphatic carbocycles. The highest BCUT2D eigenvalue weighted by atomic mass is 15.0. The van der Waals surface area contributed by atoms with Crippen LogP contribution in [0.2, 0.25) is 0 Å². The molecule has 0 unspecified atom stereocenters. The molecule has 0 amide bonds. The van der Waals surface area contributed by atoms with E-state index in [4.69, 9.17) is 9.97 Å². The van der Waals surface area contributed by atoms with E-state index < -0.39 is 0 Å². The molecule has 0 bridgehead atoms. The number of hydrogen-bond donors (Lipinski definition) is 0. The molecule has 0 spiro atoms. The molecule has 4 heteroatoms. The van der Waals surface area contributed by atoms with Gasteiger partial charge in [0.15, 0.2) is 0 Å². The lowest BCUT2D eigenvalue weighted by atomic mass is 9.94. The van der Waals surface area contributed by atoms with E-state index >= 15 is 0 Å². The molecule has 0 N–H and O–H groups in total. The molecule has 0 saturated carbocycles. The van der Waals surface area contributed by atoms with Gasteiger partial charge in [0, 0.05) is 55.2 Å². The highest BCUT2D eigenvalue weighted by molar-refractivity contribution is 6.13. The summed E-state index contributed by atoms with van der Waals surface area (Å²) in [6.07, 6.45) is 0. The SMILES string of the molecule is c1ccc(-c2ccc3c(c2)c2cc(-c4ccccc4)ccc2n3-c2ccc(-c3nc4c(-c5ccc6ccccc6c5)ccc(-c5ccc6ccccc6c5)c4nc3-c3ccc(-n4c5ccc(-c6ccccc6)cc5c5cc(-c6ccccc6)ccc54)cc3)cc2)cc1. The van der Waals surface area contributed by atoms with Crippen LogP contribution in [0.5, 0.6) is 0 Å². The van der Waals surface area contributed by atoms with Gasteiger partial charge < -0.3 is 9.13 Å². The third-order valence-electron chi connectivity index (χ3n) is 18.7. The third kappa shape index (κ3) is 9.07. The van der Waals surface area contributed by atoms with Crippen LogP contribution in [0.15, 0.2) is 340 Å². The van der Waals surface area contributed by atoms with Crippen molar-refractivity contribution in [3.63, 3.8) is 0 Å². The molecule has 3 heterocycles. The van der Waals surface area contributed by atoms with Crippen molar-refractivity contribution in [2.24, 2.45) is 0 Å². The van der Waals surface area contributed by atoms with Gasteiger partial charge in [0.25, 0.3) is 0 Å². The Kier molecular flexibility index (Phi) is 12.5. The van der Waals surface area contributed by atoms with Crippen molar-refractivity contribution in [3.8, 4) is 101 Å². The maximum Gasteiger partial charge on any atom is 0.0979 e. The van der Waals surface area contributed by atoms with Gasteiger partial charge in [-0.1, -0.05) is 255 Å². The minimum atomic E-state index is 0.801. The number of fused-ring (bicyclic) bond motifs is 9. The number of hydrogen-bond acceptors (Lipinski definition) is 2. The normalized spacial score (nSPS) is 11.7. The van der Waals surface area contributed by atoms with Crippen LogP contribution in [0, 0.1) is 0 Å². The summed E-state index contributed by atoms with van der Waals surface area (Å²) < 4.78 is 4.83. The van der Waals surface area contributed by atoms with Crippen molar-refractivity contribution in [2.45, 2.75) is 0 Å². The summed E-state index contributed by atoms with van der Waals surface area (Å²) in [4.78, 5) is 11.9.